The molecule has 0 heterocycles. The second-order valence-electron chi connectivity index (χ2n) is 6.79. The zero-order valence-corrected chi connectivity index (χ0v) is 16.9. The number of aliphatic imine (C=N–C) groups is 1. The first-order valence-electron chi connectivity index (χ1n) is 9.41. The molecule has 0 aromatic heterocycles. The van der Waals surface area contributed by atoms with E-state index in [1.165, 1.54) is 11.1 Å². The van der Waals surface area contributed by atoms with Crippen molar-refractivity contribution in [2.45, 2.75) is 46.1 Å². The third-order valence-corrected chi connectivity index (χ3v) is 4.34. The molecular weight excluding hydrogens is 350 g/mol. The molecule has 1 aliphatic rings. The van der Waals surface area contributed by atoms with Crippen LogP contribution < -0.4 is 4.74 Å². The number of benzene rings is 1. The van der Waals surface area contributed by atoms with Crippen LogP contribution in [0.25, 0.3) is 0 Å². The van der Waals surface area contributed by atoms with Gasteiger partial charge in [0.1, 0.15) is 11.8 Å². The summed E-state index contributed by atoms with van der Waals surface area (Å²) < 4.78 is 5.68. The Hall–Kier alpha value is -3.13. The molecule has 0 atom stereocenters. The standard InChI is InChI=1S/C23H27N3O2/c1-6-8-19(21-10-7-9-17(21)4)15-26-23(28-25-5)18-11-12-22(27-16(2)3)20(13-18)14-24/h6,8,11-13,16H,4-5,7,9-10,15H2,1-3H3/b8-6-,21-19+,26-23?. The van der Waals surface area contributed by atoms with E-state index >= 15 is 0 Å². The Bertz CT molecular complexity index is 870. The van der Waals surface area contributed by atoms with Crippen LogP contribution in [0.4, 0.5) is 0 Å². The Labute approximate surface area is 167 Å². The van der Waals surface area contributed by atoms with Gasteiger partial charge in [0, 0.05) is 12.3 Å². The molecule has 1 fully saturated rings. The lowest BCUT2D eigenvalue weighted by Gasteiger charge is -2.12. The zero-order valence-electron chi connectivity index (χ0n) is 16.9. The van der Waals surface area contributed by atoms with Gasteiger partial charge in [0.15, 0.2) is 0 Å². The first-order valence-corrected chi connectivity index (χ1v) is 9.41. The topological polar surface area (TPSA) is 67.0 Å². The van der Waals surface area contributed by atoms with Gasteiger partial charge in [0.25, 0.3) is 5.90 Å². The molecule has 2 rings (SSSR count). The number of rotatable bonds is 7. The Morgan fingerprint density at radius 3 is 2.71 bits per heavy atom. The highest BCUT2D eigenvalue weighted by Crippen LogP contribution is 2.32. The number of allylic oxidation sites excluding steroid dienone is 3. The summed E-state index contributed by atoms with van der Waals surface area (Å²) in [6.07, 6.45) is 7.21. The van der Waals surface area contributed by atoms with E-state index in [9.17, 15) is 5.26 Å². The van der Waals surface area contributed by atoms with E-state index < -0.39 is 0 Å². The largest absolute Gasteiger partial charge is 0.490 e. The Kier molecular flexibility index (Phi) is 7.76. The maximum atomic E-state index is 9.46. The van der Waals surface area contributed by atoms with Crippen molar-refractivity contribution in [2.75, 3.05) is 6.54 Å². The predicted molar refractivity (Wildman–Crippen MR) is 114 cm³/mol. The van der Waals surface area contributed by atoms with Gasteiger partial charge in [-0.2, -0.15) is 5.26 Å². The lowest BCUT2D eigenvalue weighted by molar-refractivity contribution is 0.241. The summed E-state index contributed by atoms with van der Waals surface area (Å²) in [5, 5.41) is 13.0. The second kappa shape index (κ2) is 10.3. The molecule has 0 aliphatic heterocycles. The van der Waals surface area contributed by atoms with Gasteiger partial charge in [0.05, 0.1) is 18.2 Å². The number of nitrogens with zero attached hydrogens (tertiary/aromatic N) is 3. The smallest absolute Gasteiger partial charge is 0.251 e. The number of nitriles is 1. The van der Waals surface area contributed by atoms with Gasteiger partial charge in [-0.1, -0.05) is 29.5 Å². The summed E-state index contributed by atoms with van der Waals surface area (Å²) in [4.78, 5) is 9.92. The minimum absolute atomic E-state index is 0.0216. The van der Waals surface area contributed by atoms with E-state index in [4.69, 9.17) is 9.57 Å². The quantitative estimate of drug-likeness (QED) is 0.366. The van der Waals surface area contributed by atoms with Gasteiger partial charge < -0.3 is 9.57 Å². The maximum Gasteiger partial charge on any atom is 0.251 e. The summed E-state index contributed by atoms with van der Waals surface area (Å²) in [6, 6.07) is 7.41. The van der Waals surface area contributed by atoms with Crippen molar-refractivity contribution in [3.8, 4) is 11.8 Å². The van der Waals surface area contributed by atoms with Gasteiger partial charge in [-0.25, -0.2) is 4.99 Å². The van der Waals surface area contributed by atoms with Crippen LogP contribution in [0.15, 0.2) is 63.8 Å². The molecule has 0 bridgehead atoms. The first kappa shape index (κ1) is 21.2. The number of hydrogen-bond acceptors (Lipinski definition) is 5. The van der Waals surface area contributed by atoms with Crippen LogP contribution in [0, 0.1) is 11.3 Å². The molecular formula is C23H27N3O2. The van der Waals surface area contributed by atoms with Crippen LogP contribution in [0.3, 0.4) is 0 Å². The molecule has 0 N–H and O–H groups in total. The van der Waals surface area contributed by atoms with Crippen molar-refractivity contribution in [1.82, 2.24) is 0 Å². The van der Waals surface area contributed by atoms with Crippen LogP contribution in [0.5, 0.6) is 5.75 Å². The fourth-order valence-electron chi connectivity index (χ4n) is 3.14. The molecule has 1 aliphatic carbocycles. The van der Waals surface area contributed by atoms with Crippen LogP contribution >= 0.6 is 0 Å². The zero-order chi connectivity index (χ0) is 20.5. The van der Waals surface area contributed by atoms with E-state index in [1.54, 1.807) is 18.2 Å². The summed E-state index contributed by atoms with van der Waals surface area (Å²) in [6.45, 7) is 13.8. The Morgan fingerprint density at radius 2 is 2.14 bits per heavy atom. The van der Waals surface area contributed by atoms with E-state index in [-0.39, 0.29) is 6.10 Å². The highest BCUT2D eigenvalue weighted by molar-refractivity contribution is 5.94. The maximum absolute atomic E-state index is 9.46. The van der Waals surface area contributed by atoms with Crippen molar-refractivity contribution in [1.29, 1.82) is 5.26 Å². The third kappa shape index (κ3) is 5.43. The SMILES string of the molecule is C=NOC(=NCC(/C=C\C)=C1\CCCC1=C)c1ccc(OC(C)C)c(C#N)c1. The van der Waals surface area contributed by atoms with Gasteiger partial charge >= 0.3 is 0 Å². The van der Waals surface area contributed by atoms with E-state index in [1.807, 2.05) is 26.8 Å². The predicted octanol–water partition coefficient (Wildman–Crippen LogP) is 5.34. The van der Waals surface area contributed by atoms with Crippen molar-refractivity contribution >= 4 is 12.6 Å². The Balaban J connectivity index is 2.38. The minimum atomic E-state index is -0.0216. The average molecular weight is 377 g/mol. The molecule has 5 nitrogen and oxygen atoms in total. The number of hydrogen-bond donors (Lipinski definition) is 0. The Morgan fingerprint density at radius 1 is 1.36 bits per heavy atom. The fraction of sp³-hybridized carbons (Fsp3) is 0.348. The first-order chi connectivity index (χ1) is 13.5. The molecule has 1 aromatic rings. The number of ether oxygens (including phenoxy) is 1. The molecule has 0 amide bonds. The van der Waals surface area contributed by atoms with Gasteiger partial charge in [-0.05, 0) is 69.4 Å². The summed E-state index contributed by atoms with van der Waals surface area (Å²) >= 11 is 0. The highest BCUT2D eigenvalue weighted by atomic mass is 16.6. The van der Waals surface area contributed by atoms with Crippen molar-refractivity contribution < 1.29 is 9.57 Å². The molecule has 1 saturated carbocycles. The molecule has 0 unspecified atom stereocenters. The van der Waals surface area contributed by atoms with Gasteiger partial charge in [-0.15, -0.1) is 0 Å². The summed E-state index contributed by atoms with van der Waals surface area (Å²) in [7, 11) is 0. The summed E-state index contributed by atoms with van der Waals surface area (Å²) in [5.41, 5.74) is 4.63. The lowest BCUT2D eigenvalue weighted by Crippen LogP contribution is -2.09. The monoisotopic (exact) mass is 377 g/mol. The molecule has 0 saturated heterocycles. The van der Waals surface area contributed by atoms with Crippen LogP contribution in [-0.2, 0) is 4.84 Å². The lowest BCUT2D eigenvalue weighted by atomic mass is 10.0. The molecule has 28 heavy (non-hydrogen) atoms. The molecule has 1 aromatic carbocycles. The number of oxime groups is 1. The van der Waals surface area contributed by atoms with Crippen molar-refractivity contribution in [3.63, 3.8) is 0 Å². The molecule has 0 spiro atoms. The van der Waals surface area contributed by atoms with E-state index in [0.29, 0.717) is 29.3 Å². The van der Waals surface area contributed by atoms with E-state index in [0.717, 1.165) is 24.8 Å². The molecule has 0 radical (unpaired) electrons. The molecule has 146 valence electrons. The second-order valence-corrected chi connectivity index (χ2v) is 6.79. The van der Waals surface area contributed by atoms with Crippen molar-refractivity contribution in [2.24, 2.45) is 10.1 Å². The van der Waals surface area contributed by atoms with Gasteiger partial charge in [-0.3, -0.25) is 0 Å². The summed E-state index contributed by atoms with van der Waals surface area (Å²) in [5.74, 6) is 0.847. The van der Waals surface area contributed by atoms with Crippen LogP contribution in [0.1, 0.15) is 51.2 Å². The van der Waals surface area contributed by atoms with Gasteiger partial charge in [0.2, 0.25) is 0 Å². The fourth-order valence-corrected chi connectivity index (χ4v) is 3.14. The minimum Gasteiger partial charge on any atom is -0.490 e. The molecule has 5 heteroatoms. The normalized spacial score (nSPS) is 16.4. The van der Waals surface area contributed by atoms with Crippen molar-refractivity contribution in [3.05, 3.63) is 64.8 Å². The van der Waals surface area contributed by atoms with E-state index in [2.05, 4.69) is 35.6 Å². The average Bonchev–Trinajstić information content (AvgIpc) is 3.09. The van der Waals surface area contributed by atoms with Crippen LogP contribution in [0.2, 0.25) is 0 Å². The van der Waals surface area contributed by atoms with Crippen LogP contribution in [-0.4, -0.2) is 25.3 Å². The third-order valence-electron chi connectivity index (χ3n) is 4.34. The highest BCUT2D eigenvalue weighted by Gasteiger charge is 2.16.